The van der Waals surface area contributed by atoms with Crippen LogP contribution in [0.5, 0.6) is 11.5 Å². The first-order chi connectivity index (χ1) is 18.1. The lowest BCUT2D eigenvalue weighted by molar-refractivity contribution is -0.693. The third-order valence-corrected chi connectivity index (χ3v) is 6.89. The summed E-state index contributed by atoms with van der Waals surface area (Å²) in [6.45, 7) is 6.51. The summed E-state index contributed by atoms with van der Waals surface area (Å²) in [4.78, 5) is 12.1. The van der Waals surface area contributed by atoms with Crippen LogP contribution in [0.4, 0.5) is 0 Å². The van der Waals surface area contributed by atoms with Crippen molar-refractivity contribution < 1.29 is 42.8 Å². The van der Waals surface area contributed by atoms with Gasteiger partial charge in [-0.25, -0.2) is 4.57 Å². The Morgan fingerprint density at radius 1 is 0.842 bits per heavy atom. The van der Waals surface area contributed by atoms with Gasteiger partial charge in [-0.05, 0) is 37.5 Å². The highest BCUT2D eigenvalue weighted by molar-refractivity contribution is 6.32. The quantitative estimate of drug-likeness (QED) is 0.122. The second-order valence-electron chi connectivity index (χ2n) is 9.76. The van der Waals surface area contributed by atoms with Crippen molar-refractivity contribution in [3.63, 3.8) is 0 Å². The molecule has 38 heavy (non-hydrogen) atoms. The molecule has 7 heteroatoms. The summed E-state index contributed by atoms with van der Waals surface area (Å²) in [5.41, 5.74) is 1.19. The van der Waals surface area contributed by atoms with Gasteiger partial charge in [-0.15, -0.1) is 0 Å². The molecule has 0 saturated heterocycles. The minimum atomic E-state index is -0.164. The number of carbonyl (C=O) groups is 1. The molecule has 0 atom stereocenters. The van der Waals surface area contributed by atoms with Gasteiger partial charge in [-0.1, -0.05) is 89.2 Å². The van der Waals surface area contributed by atoms with Crippen LogP contribution in [-0.2, 0) is 17.8 Å². The number of aryl methyl sites for hydroxylation is 1. The fourth-order valence-electron chi connectivity index (χ4n) is 4.23. The topological polar surface area (TPSA) is 51.4 Å². The molecule has 1 aromatic carbocycles. The van der Waals surface area contributed by atoms with E-state index in [-0.39, 0.29) is 36.5 Å². The van der Waals surface area contributed by atoms with E-state index in [1.165, 1.54) is 76.2 Å². The molecule has 1 heterocycles. The number of unbranched alkanes of at least 4 members (excludes halogenated alkanes) is 11. The van der Waals surface area contributed by atoms with E-state index in [0.29, 0.717) is 23.9 Å². The van der Waals surface area contributed by atoms with Crippen molar-refractivity contribution >= 4 is 17.5 Å². The molecule has 0 bridgehead atoms. The largest absolute Gasteiger partial charge is 1.00 e. The average molecular weight is 659 g/mol. The number of rotatable bonds is 21. The van der Waals surface area contributed by atoms with Crippen LogP contribution in [0.2, 0.25) is 5.02 Å². The van der Waals surface area contributed by atoms with Crippen LogP contribution in [0, 0.1) is 0 Å². The molecular weight excluding hydrogens is 611 g/mol. The molecule has 0 aliphatic rings. The number of hydrogen-bond donors (Lipinski definition) is 1. The van der Waals surface area contributed by atoms with Crippen LogP contribution in [0.3, 0.4) is 0 Å². The molecule has 0 radical (unpaired) electrons. The van der Waals surface area contributed by atoms with Crippen LogP contribution in [0.15, 0.2) is 42.7 Å². The number of benzene rings is 1. The van der Waals surface area contributed by atoms with Gasteiger partial charge in [0.15, 0.2) is 19.0 Å². The molecule has 1 N–H and O–H groups in total. The van der Waals surface area contributed by atoms with Crippen LogP contribution in [-0.4, -0.2) is 25.7 Å². The van der Waals surface area contributed by atoms with Crippen molar-refractivity contribution in [1.29, 1.82) is 0 Å². The van der Waals surface area contributed by atoms with E-state index in [1.54, 1.807) is 12.1 Å². The molecule has 1 aromatic heterocycles. The third-order valence-electron chi connectivity index (χ3n) is 6.59. The van der Waals surface area contributed by atoms with Crippen molar-refractivity contribution in [2.45, 2.75) is 104 Å². The van der Waals surface area contributed by atoms with E-state index in [4.69, 9.17) is 21.1 Å². The zero-order chi connectivity index (χ0) is 26.6. The SMILES string of the molecule is CCCCCCCCCCCCCCOc1ccc(OCC(=O)NCCc2cc[n+](CC)cc2)c(Cl)c1.[I-]. The van der Waals surface area contributed by atoms with Crippen LogP contribution in [0.25, 0.3) is 0 Å². The van der Waals surface area contributed by atoms with E-state index >= 15 is 0 Å². The summed E-state index contributed by atoms with van der Waals surface area (Å²) in [5, 5.41) is 3.34. The van der Waals surface area contributed by atoms with Gasteiger partial charge in [-0.3, -0.25) is 4.79 Å². The summed E-state index contributed by atoms with van der Waals surface area (Å²) in [6, 6.07) is 9.52. The maximum absolute atomic E-state index is 12.1. The first-order valence-electron chi connectivity index (χ1n) is 14.4. The minimum absolute atomic E-state index is 0. The Labute approximate surface area is 253 Å². The number of halogens is 2. The van der Waals surface area contributed by atoms with Crippen molar-refractivity contribution in [3.05, 3.63) is 53.3 Å². The van der Waals surface area contributed by atoms with Gasteiger partial charge in [0.25, 0.3) is 5.91 Å². The van der Waals surface area contributed by atoms with Gasteiger partial charge in [0.1, 0.15) is 18.0 Å². The molecule has 1 amide bonds. The van der Waals surface area contributed by atoms with E-state index in [9.17, 15) is 4.79 Å². The number of hydrogen-bond acceptors (Lipinski definition) is 3. The van der Waals surface area contributed by atoms with Gasteiger partial charge in [-0.2, -0.15) is 0 Å². The highest BCUT2D eigenvalue weighted by atomic mass is 127. The second kappa shape index (κ2) is 22.3. The number of ether oxygens (including phenoxy) is 2. The Hall–Kier alpha value is -1.54. The predicted octanol–water partition coefficient (Wildman–Crippen LogP) is 4.47. The maximum atomic E-state index is 12.1. The van der Waals surface area contributed by atoms with E-state index in [0.717, 1.165) is 25.1 Å². The normalized spacial score (nSPS) is 10.6. The predicted molar refractivity (Wildman–Crippen MR) is 153 cm³/mol. The molecule has 0 fully saturated rings. The summed E-state index contributed by atoms with van der Waals surface area (Å²) >= 11 is 6.34. The van der Waals surface area contributed by atoms with Gasteiger partial charge in [0.2, 0.25) is 0 Å². The van der Waals surface area contributed by atoms with Gasteiger partial charge < -0.3 is 38.8 Å². The lowest BCUT2D eigenvalue weighted by Crippen LogP contribution is -3.00. The van der Waals surface area contributed by atoms with Gasteiger partial charge >= 0.3 is 0 Å². The van der Waals surface area contributed by atoms with Crippen LogP contribution >= 0.6 is 11.6 Å². The number of nitrogens with zero attached hydrogens (tertiary/aromatic N) is 1. The molecule has 5 nitrogen and oxygen atoms in total. The third kappa shape index (κ3) is 15.8. The van der Waals surface area contributed by atoms with Gasteiger partial charge in [0.05, 0.1) is 11.6 Å². The summed E-state index contributed by atoms with van der Waals surface area (Å²) < 4.78 is 13.6. The highest BCUT2D eigenvalue weighted by Crippen LogP contribution is 2.29. The molecule has 2 aromatic rings. The smallest absolute Gasteiger partial charge is 0.257 e. The van der Waals surface area contributed by atoms with E-state index in [1.807, 2.05) is 18.5 Å². The molecule has 0 unspecified atom stereocenters. The number of aromatic nitrogens is 1. The Kier molecular flexibility index (Phi) is 20.2. The summed E-state index contributed by atoms with van der Waals surface area (Å²) in [5.74, 6) is 1.06. The molecule has 0 aliphatic heterocycles. The lowest BCUT2D eigenvalue weighted by Gasteiger charge is -2.11. The van der Waals surface area contributed by atoms with Crippen molar-refractivity contribution in [1.82, 2.24) is 5.32 Å². The molecule has 214 valence electrons. The Morgan fingerprint density at radius 2 is 1.45 bits per heavy atom. The number of pyridine rings is 1. The maximum Gasteiger partial charge on any atom is 0.257 e. The average Bonchev–Trinajstić information content (AvgIpc) is 2.91. The molecular formula is C31H48ClIN2O3. The minimum Gasteiger partial charge on any atom is -1.00 e. The summed E-state index contributed by atoms with van der Waals surface area (Å²) in [7, 11) is 0. The molecule has 0 spiro atoms. The van der Waals surface area contributed by atoms with Crippen molar-refractivity contribution in [2.24, 2.45) is 0 Å². The molecule has 2 rings (SSSR count). The fraction of sp³-hybridized carbons (Fsp3) is 0.613. The summed E-state index contributed by atoms with van der Waals surface area (Å²) in [6.07, 6.45) is 20.8. The number of carbonyl (C=O) groups excluding carboxylic acids is 1. The molecule has 0 aliphatic carbocycles. The Morgan fingerprint density at radius 3 is 2.03 bits per heavy atom. The highest BCUT2D eigenvalue weighted by Gasteiger charge is 2.08. The van der Waals surface area contributed by atoms with E-state index in [2.05, 4.69) is 35.9 Å². The van der Waals surface area contributed by atoms with Crippen LogP contribution < -0.4 is 43.3 Å². The number of amides is 1. The van der Waals surface area contributed by atoms with E-state index < -0.39 is 0 Å². The lowest BCUT2D eigenvalue weighted by atomic mass is 10.1. The first kappa shape index (κ1) is 34.5. The molecule has 0 saturated carbocycles. The number of nitrogens with one attached hydrogen (secondary N) is 1. The standard InChI is InChI=1S/C31H47ClN2O3.HI/c1-3-5-6-7-8-9-10-11-12-13-14-15-24-36-28-16-17-30(29(32)25-28)37-26-31(35)33-21-18-27-19-22-34(4-2)23-20-27;/h16-17,19-20,22-23,25H,3-15,18,21,24,26H2,1-2H3;1H. The fourth-order valence-corrected chi connectivity index (χ4v) is 4.45. The zero-order valence-electron chi connectivity index (χ0n) is 23.5. The van der Waals surface area contributed by atoms with Crippen LogP contribution in [0.1, 0.15) is 96.5 Å². The Bertz CT molecular complexity index is 880. The monoisotopic (exact) mass is 658 g/mol. The van der Waals surface area contributed by atoms with Crippen molar-refractivity contribution in [2.75, 3.05) is 19.8 Å². The Balaban J connectivity index is 0.00000722. The van der Waals surface area contributed by atoms with Crippen molar-refractivity contribution in [3.8, 4) is 11.5 Å². The first-order valence-corrected chi connectivity index (χ1v) is 14.8. The second-order valence-corrected chi connectivity index (χ2v) is 10.2. The van der Waals surface area contributed by atoms with Gasteiger partial charge in [0, 0.05) is 24.7 Å². The zero-order valence-corrected chi connectivity index (χ0v) is 26.4.